The zero-order valence-corrected chi connectivity index (χ0v) is 13.7. The molecule has 8 heteroatoms. The Morgan fingerprint density at radius 3 is 2.85 bits per heavy atom. The summed E-state index contributed by atoms with van der Waals surface area (Å²) in [6.07, 6.45) is 2.77. The molecule has 0 radical (unpaired) electrons. The summed E-state index contributed by atoms with van der Waals surface area (Å²) in [4.78, 5) is 24.1. The molecule has 1 N–H and O–H groups in total. The third-order valence-corrected chi connectivity index (χ3v) is 3.17. The first kappa shape index (κ1) is 14.9. The number of hydrogen-bond donors (Lipinski definition) is 1. The summed E-state index contributed by atoms with van der Waals surface area (Å²) in [7, 11) is 0. The normalized spacial score (nSPS) is 11.6. The zero-order chi connectivity index (χ0) is 14.8. The van der Waals surface area contributed by atoms with Crippen molar-refractivity contribution in [2.45, 2.75) is 32.9 Å². The molecule has 0 aliphatic heterocycles. The molecule has 0 saturated heterocycles. The van der Waals surface area contributed by atoms with Crippen molar-refractivity contribution in [3.63, 3.8) is 0 Å². The number of alkyl carbamates (subject to hydrolysis) is 1. The molecule has 2 aromatic heterocycles. The summed E-state index contributed by atoms with van der Waals surface area (Å²) in [6.45, 7) is 6.50. The molecule has 0 bridgehead atoms. The maximum atomic E-state index is 11.5. The minimum absolute atomic E-state index is 0.425. The van der Waals surface area contributed by atoms with Gasteiger partial charge in [0, 0.05) is 13.1 Å². The van der Waals surface area contributed by atoms with Gasteiger partial charge < -0.3 is 14.6 Å². The van der Waals surface area contributed by atoms with Crippen LogP contribution in [0.25, 0.3) is 11.2 Å². The Morgan fingerprint density at radius 2 is 2.15 bits per heavy atom. The van der Waals surface area contributed by atoms with Crippen molar-refractivity contribution in [2.75, 3.05) is 6.54 Å². The van der Waals surface area contributed by atoms with Crippen molar-refractivity contribution in [1.29, 1.82) is 0 Å². The summed E-state index contributed by atoms with van der Waals surface area (Å²) in [5.74, 6) is 0. The van der Waals surface area contributed by atoms with E-state index in [0.717, 1.165) is 14.9 Å². The summed E-state index contributed by atoms with van der Waals surface area (Å²) in [5, 5.41) is 2.70. The Labute approximate surface area is 130 Å². The fourth-order valence-electron chi connectivity index (χ4n) is 1.61. The van der Waals surface area contributed by atoms with Gasteiger partial charge in [0.05, 0.1) is 6.33 Å². The van der Waals surface area contributed by atoms with Crippen molar-refractivity contribution < 1.29 is 9.53 Å². The Balaban J connectivity index is 1.94. The van der Waals surface area contributed by atoms with Crippen LogP contribution in [0.4, 0.5) is 4.79 Å². The van der Waals surface area contributed by atoms with E-state index in [1.165, 1.54) is 6.33 Å². The standard InChI is InChI=1S/C12H16IN5O2/c1-12(2,3)20-11(19)14-4-5-18-7-17-8-9(13)15-6-16-10(8)18/h6-7H,4-5H2,1-3H3,(H,14,19). The highest BCUT2D eigenvalue weighted by Crippen LogP contribution is 2.14. The Hall–Kier alpha value is -1.45. The predicted octanol–water partition coefficient (Wildman–Crippen LogP) is 1.96. The average Bonchev–Trinajstić information content (AvgIpc) is 2.72. The molecule has 20 heavy (non-hydrogen) atoms. The number of halogens is 1. The third kappa shape index (κ3) is 3.78. The van der Waals surface area contributed by atoms with E-state index in [4.69, 9.17) is 4.74 Å². The van der Waals surface area contributed by atoms with Gasteiger partial charge in [0.1, 0.15) is 21.1 Å². The van der Waals surface area contributed by atoms with Crippen molar-refractivity contribution in [3.8, 4) is 0 Å². The van der Waals surface area contributed by atoms with E-state index in [2.05, 4.69) is 42.9 Å². The maximum absolute atomic E-state index is 11.5. The molecule has 2 aromatic rings. The summed E-state index contributed by atoms with van der Waals surface area (Å²) in [6, 6.07) is 0. The molecule has 2 rings (SSSR count). The van der Waals surface area contributed by atoms with Crippen molar-refractivity contribution in [2.24, 2.45) is 0 Å². The van der Waals surface area contributed by atoms with Crippen LogP contribution in [0, 0.1) is 3.70 Å². The van der Waals surface area contributed by atoms with Crippen LogP contribution in [-0.4, -0.2) is 37.8 Å². The number of fused-ring (bicyclic) bond motifs is 1. The number of aromatic nitrogens is 4. The zero-order valence-electron chi connectivity index (χ0n) is 11.6. The topological polar surface area (TPSA) is 81.9 Å². The molecule has 0 aromatic carbocycles. The van der Waals surface area contributed by atoms with Gasteiger partial charge in [-0.3, -0.25) is 0 Å². The second kappa shape index (κ2) is 5.90. The lowest BCUT2D eigenvalue weighted by molar-refractivity contribution is 0.0526. The van der Waals surface area contributed by atoms with Crippen LogP contribution < -0.4 is 5.32 Å². The molecule has 7 nitrogen and oxygen atoms in total. The Morgan fingerprint density at radius 1 is 1.40 bits per heavy atom. The van der Waals surface area contributed by atoms with Crippen molar-refractivity contribution in [1.82, 2.24) is 24.8 Å². The second-order valence-electron chi connectivity index (χ2n) is 5.20. The second-order valence-corrected chi connectivity index (χ2v) is 6.23. The SMILES string of the molecule is CC(C)(C)OC(=O)NCCn1cnc2c(I)ncnc21. The number of ether oxygens (including phenoxy) is 1. The van der Waals surface area contributed by atoms with E-state index in [1.54, 1.807) is 6.33 Å². The van der Waals surface area contributed by atoms with Gasteiger partial charge in [0.25, 0.3) is 0 Å². The summed E-state index contributed by atoms with van der Waals surface area (Å²) < 4.78 is 7.85. The van der Waals surface area contributed by atoms with E-state index in [9.17, 15) is 4.79 Å². The molecule has 0 unspecified atom stereocenters. The first-order valence-corrected chi connectivity index (χ1v) is 7.23. The maximum Gasteiger partial charge on any atom is 0.407 e. The molecular weight excluding hydrogens is 373 g/mol. The van der Waals surface area contributed by atoms with E-state index in [-0.39, 0.29) is 0 Å². The van der Waals surface area contributed by atoms with Crippen molar-refractivity contribution in [3.05, 3.63) is 16.4 Å². The van der Waals surface area contributed by atoms with Gasteiger partial charge in [0.15, 0.2) is 5.65 Å². The highest BCUT2D eigenvalue weighted by atomic mass is 127. The first-order valence-electron chi connectivity index (χ1n) is 6.15. The number of imidazole rings is 1. The minimum Gasteiger partial charge on any atom is -0.444 e. The van der Waals surface area contributed by atoms with Gasteiger partial charge in [-0.2, -0.15) is 0 Å². The fraction of sp³-hybridized carbons (Fsp3) is 0.500. The lowest BCUT2D eigenvalue weighted by Gasteiger charge is -2.19. The summed E-state index contributed by atoms with van der Waals surface area (Å²) >= 11 is 2.12. The summed E-state index contributed by atoms with van der Waals surface area (Å²) in [5.41, 5.74) is 1.04. The quantitative estimate of drug-likeness (QED) is 0.641. The van der Waals surface area contributed by atoms with Gasteiger partial charge in [-0.15, -0.1) is 0 Å². The number of carbonyl (C=O) groups excluding carboxylic acids is 1. The molecular formula is C12H16IN5O2. The van der Waals surface area contributed by atoms with Crippen LogP contribution in [0.1, 0.15) is 20.8 Å². The monoisotopic (exact) mass is 389 g/mol. The van der Waals surface area contributed by atoms with E-state index in [0.29, 0.717) is 13.1 Å². The molecule has 0 aliphatic rings. The average molecular weight is 389 g/mol. The van der Waals surface area contributed by atoms with Gasteiger partial charge in [0.2, 0.25) is 0 Å². The van der Waals surface area contributed by atoms with E-state index in [1.807, 2.05) is 25.3 Å². The molecule has 0 fully saturated rings. The molecule has 2 heterocycles. The molecule has 0 saturated carbocycles. The van der Waals surface area contributed by atoms with E-state index < -0.39 is 11.7 Å². The molecule has 0 atom stereocenters. The highest BCUT2D eigenvalue weighted by Gasteiger charge is 2.15. The number of nitrogens with one attached hydrogen (secondary N) is 1. The van der Waals surface area contributed by atoms with Crippen molar-refractivity contribution >= 4 is 39.8 Å². The van der Waals surface area contributed by atoms with Gasteiger partial charge in [-0.25, -0.2) is 19.7 Å². The van der Waals surface area contributed by atoms with Crippen LogP contribution in [0.2, 0.25) is 0 Å². The number of amides is 1. The largest absolute Gasteiger partial charge is 0.444 e. The molecule has 108 valence electrons. The first-order chi connectivity index (χ1) is 9.37. The fourth-order valence-corrected chi connectivity index (χ4v) is 2.11. The van der Waals surface area contributed by atoms with Crippen LogP contribution in [0.3, 0.4) is 0 Å². The molecule has 1 amide bonds. The smallest absolute Gasteiger partial charge is 0.407 e. The number of hydrogen-bond acceptors (Lipinski definition) is 5. The molecule has 0 spiro atoms. The Bertz CT molecular complexity index is 620. The van der Waals surface area contributed by atoms with Crippen LogP contribution in [-0.2, 0) is 11.3 Å². The van der Waals surface area contributed by atoms with Gasteiger partial charge in [-0.05, 0) is 43.4 Å². The lowest BCUT2D eigenvalue weighted by Crippen LogP contribution is -2.34. The number of nitrogens with zero attached hydrogens (tertiary/aromatic N) is 4. The predicted molar refractivity (Wildman–Crippen MR) is 82.3 cm³/mol. The lowest BCUT2D eigenvalue weighted by atomic mass is 10.2. The molecule has 0 aliphatic carbocycles. The van der Waals surface area contributed by atoms with E-state index >= 15 is 0 Å². The third-order valence-electron chi connectivity index (χ3n) is 2.38. The Kier molecular flexibility index (Phi) is 4.41. The van der Waals surface area contributed by atoms with Crippen LogP contribution in [0.5, 0.6) is 0 Å². The number of carbonyl (C=O) groups is 1. The van der Waals surface area contributed by atoms with Crippen LogP contribution >= 0.6 is 22.6 Å². The van der Waals surface area contributed by atoms with Crippen LogP contribution in [0.15, 0.2) is 12.7 Å². The van der Waals surface area contributed by atoms with Gasteiger partial charge in [-0.1, -0.05) is 0 Å². The minimum atomic E-state index is -0.491. The number of rotatable bonds is 3. The highest BCUT2D eigenvalue weighted by molar-refractivity contribution is 14.1. The van der Waals surface area contributed by atoms with Gasteiger partial charge >= 0.3 is 6.09 Å².